The van der Waals surface area contributed by atoms with Crippen molar-refractivity contribution in [1.82, 2.24) is 29.4 Å². The van der Waals surface area contributed by atoms with Crippen molar-refractivity contribution in [2.45, 2.75) is 24.5 Å². The van der Waals surface area contributed by atoms with E-state index in [1.54, 1.807) is 18.5 Å². The molecule has 1 fully saturated rings. The Labute approximate surface area is 158 Å². The van der Waals surface area contributed by atoms with Crippen LogP contribution < -0.4 is 11.1 Å². The van der Waals surface area contributed by atoms with Crippen LogP contribution in [-0.2, 0) is 4.74 Å². The quantitative estimate of drug-likeness (QED) is 0.344. The summed E-state index contributed by atoms with van der Waals surface area (Å²) in [5.41, 5.74) is 6.98. The van der Waals surface area contributed by atoms with E-state index < -0.39 is 31.1 Å². The smallest absolute Gasteiger partial charge is 0.252 e. The Morgan fingerprint density at radius 3 is 2.82 bits per heavy atom. The van der Waals surface area contributed by atoms with Crippen LogP contribution in [0.1, 0.15) is 16.6 Å². The second kappa shape index (κ2) is 6.83. The van der Waals surface area contributed by atoms with E-state index in [-0.39, 0.29) is 23.3 Å². The van der Waals surface area contributed by atoms with Crippen molar-refractivity contribution < 1.29 is 24.9 Å². The molecule has 1 aliphatic rings. The first-order valence-electron chi connectivity index (χ1n) is 8.47. The fourth-order valence-corrected chi connectivity index (χ4v) is 3.14. The van der Waals surface area contributed by atoms with Crippen molar-refractivity contribution in [3.05, 3.63) is 30.4 Å². The molecule has 0 unspecified atom stereocenters. The molecule has 1 amide bonds. The van der Waals surface area contributed by atoms with Crippen molar-refractivity contribution in [2.75, 3.05) is 19.4 Å². The lowest BCUT2D eigenvalue weighted by Gasteiger charge is -2.16. The van der Waals surface area contributed by atoms with Crippen LogP contribution in [0.4, 0.5) is 5.82 Å². The lowest BCUT2D eigenvalue weighted by atomic mass is 10.1. The molecule has 0 radical (unpaired) electrons. The number of rotatable bonds is 4. The van der Waals surface area contributed by atoms with Gasteiger partial charge in [-0.1, -0.05) is 0 Å². The summed E-state index contributed by atoms with van der Waals surface area (Å²) in [6, 6.07) is 1.60. The third kappa shape index (κ3) is 2.79. The number of amides is 1. The Balaban J connectivity index is 1.77. The number of anilines is 1. The molecule has 1 aliphatic heterocycles. The maximum atomic E-state index is 11.8. The second-order valence-electron chi connectivity index (χ2n) is 6.35. The number of hydrogen-bond donors (Lipinski definition) is 5. The maximum Gasteiger partial charge on any atom is 0.252 e. The van der Waals surface area contributed by atoms with Gasteiger partial charge in [-0.3, -0.25) is 13.9 Å². The van der Waals surface area contributed by atoms with Crippen molar-refractivity contribution in [1.29, 1.82) is 0 Å². The molecule has 4 rings (SSSR count). The third-order valence-electron chi connectivity index (χ3n) is 4.64. The molecular weight excluding hydrogens is 370 g/mol. The summed E-state index contributed by atoms with van der Waals surface area (Å²) in [5, 5.41) is 32.1. The van der Waals surface area contributed by atoms with Crippen LogP contribution in [0.5, 0.6) is 0 Å². The summed E-state index contributed by atoms with van der Waals surface area (Å²) in [6.07, 6.45) is 0.0310. The minimum absolute atomic E-state index is 0.0979. The molecule has 0 spiro atoms. The second-order valence-corrected chi connectivity index (χ2v) is 6.35. The molecule has 0 aromatic carbocycles. The minimum Gasteiger partial charge on any atom is -0.394 e. The molecule has 28 heavy (non-hydrogen) atoms. The van der Waals surface area contributed by atoms with Gasteiger partial charge in [0.25, 0.3) is 5.91 Å². The highest BCUT2D eigenvalue weighted by Crippen LogP contribution is 2.32. The Hall–Kier alpha value is -3.06. The molecule has 3 aromatic rings. The zero-order valence-electron chi connectivity index (χ0n) is 14.8. The first-order chi connectivity index (χ1) is 13.4. The van der Waals surface area contributed by atoms with Crippen molar-refractivity contribution in [2.24, 2.45) is 0 Å². The van der Waals surface area contributed by atoms with Gasteiger partial charge in [0.1, 0.15) is 23.8 Å². The van der Waals surface area contributed by atoms with Crippen LogP contribution in [-0.4, -0.2) is 77.3 Å². The molecule has 148 valence electrons. The molecule has 0 bridgehead atoms. The highest BCUT2D eigenvalue weighted by molar-refractivity contribution is 5.93. The van der Waals surface area contributed by atoms with E-state index in [1.807, 2.05) is 0 Å². The summed E-state index contributed by atoms with van der Waals surface area (Å²) < 4.78 is 8.48. The molecule has 0 saturated carbocycles. The van der Waals surface area contributed by atoms with Crippen LogP contribution in [0.15, 0.2) is 24.8 Å². The lowest BCUT2D eigenvalue weighted by Crippen LogP contribution is -2.33. The zero-order chi connectivity index (χ0) is 20.0. The predicted molar refractivity (Wildman–Crippen MR) is 95.5 cm³/mol. The lowest BCUT2D eigenvalue weighted by molar-refractivity contribution is -0.0511. The van der Waals surface area contributed by atoms with E-state index in [0.29, 0.717) is 11.1 Å². The maximum absolute atomic E-state index is 11.8. The van der Waals surface area contributed by atoms with E-state index in [2.05, 4.69) is 20.3 Å². The highest BCUT2D eigenvalue weighted by Gasteiger charge is 2.44. The fraction of sp³-hybridized carbons (Fsp3) is 0.375. The summed E-state index contributed by atoms with van der Waals surface area (Å²) in [7, 11) is 1.53. The van der Waals surface area contributed by atoms with Gasteiger partial charge in [-0.2, -0.15) is 9.97 Å². The highest BCUT2D eigenvalue weighted by atomic mass is 16.6. The molecular formula is C16H19N7O5. The molecule has 0 aliphatic carbocycles. The van der Waals surface area contributed by atoms with Gasteiger partial charge in [0.05, 0.1) is 18.5 Å². The fourth-order valence-electron chi connectivity index (χ4n) is 3.14. The monoisotopic (exact) mass is 389 g/mol. The first kappa shape index (κ1) is 18.3. The van der Waals surface area contributed by atoms with Gasteiger partial charge in [-0.25, -0.2) is 4.98 Å². The van der Waals surface area contributed by atoms with E-state index in [4.69, 9.17) is 10.5 Å². The average Bonchev–Trinajstić information content (AvgIpc) is 3.40. The van der Waals surface area contributed by atoms with Crippen molar-refractivity contribution in [3.8, 4) is 5.95 Å². The van der Waals surface area contributed by atoms with Gasteiger partial charge < -0.3 is 31.1 Å². The Kier molecular flexibility index (Phi) is 4.47. The number of aromatic nitrogens is 5. The molecule has 1 saturated heterocycles. The summed E-state index contributed by atoms with van der Waals surface area (Å²) >= 11 is 0. The number of ether oxygens (including phenoxy) is 1. The SMILES string of the molecule is CNC(=O)c1ccn(-c2nc(N)c3ncn([C@@H]4O[C@H](CO)[C@@H](O)[C@@H]4O)c3n2)c1. The number of fused-ring (bicyclic) bond motifs is 1. The van der Waals surface area contributed by atoms with Crippen LogP contribution >= 0.6 is 0 Å². The largest absolute Gasteiger partial charge is 0.394 e. The number of carbonyl (C=O) groups excluding carboxylic acids is 1. The number of nitrogen functional groups attached to an aromatic ring is 1. The summed E-state index contributed by atoms with van der Waals surface area (Å²) in [6.45, 7) is -0.449. The predicted octanol–water partition coefficient (Wildman–Crippen LogP) is -1.83. The van der Waals surface area contributed by atoms with Gasteiger partial charge in [0.15, 0.2) is 17.7 Å². The van der Waals surface area contributed by atoms with E-state index >= 15 is 0 Å². The normalized spacial score (nSPS) is 24.7. The van der Waals surface area contributed by atoms with Crippen LogP contribution in [0.3, 0.4) is 0 Å². The number of nitrogens with one attached hydrogen (secondary N) is 1. The first-order valence-corrected chi connectivity index (χ1v) is 8.47. The molecule has 12 nitrogen and oxygen atoms in total. The average molecular weight is 389 g/mol. The van der Waals surface area contributed by atoms with Gasteiger partial charge in [-0.15, -0.1) is 0 Å². The molecule has 12 heteroatoms. The van der Waals surface area contributed by atoms with E-state index in [1.165, 1.54) is 22.5 Å². The molecule has 6 N–H and O–H groups in total. The van der Waals surface area contributed by atoms with E-state index in [0.717, 1.165) is 0 Å². The van der Waals surface area contributed by atoms with Gasteiger partial charge in [0, 0.05) is 19.4 Å². The third-order valence-corrected chi connectivity index (χ3v) is 4.64. The Morgan fingerprint density at radius 1 is 1.36 bits per heavy atom. The van der Waals surface area contributed by atoms with Gasteiger partial charge in [-0.05, 0) is 6.07 Å². The van der Waals surface area contributed by atoms with Gasteiger partial charge in [0.2, 0.25) is 5.95 Å². The zero-order valence-corrected chi connectivity index (χ0v) is 14.8. The van der Waals surface area contributed by atoms with E-state index in [9.17, 15) is 20.1 Å². The molecule has 3 aromatic heterocycles. The molecule has 4 atom stereocenters. The van der Waals surface area contributed by atoms with Crippen LogP contribution in [0.25, 0.3) is 17.1 Å². The number of hydrogen-bond acceptors (Lipinski definition) is 9. The van der Waals surface area contributed by atoms with Crippen molar-refractivity contribution in [3.63, 3.8) is 0 Å². The topological polar surface area (TPSA) is 174 Å². The standard InChI is InChI=1S/C16H19N7O5/c1-18-14(27)7-2-3-22(4-7)16-20-12(17)9-13(21-16)23(6-19-9)15-11(26)10(25)8(5-24)28-15/h2-4,6,8,10-11,15,24-26H,5H2,1H3,(H,18,27)(H2,17,20,21)/t8-,10-,11+,15-/m1/s1. The number of aliphatic hydroxyl groups excluding tert-OH is 3. The number of nitrogens with two attached hydrogens (primary N) is 1. The number of imidazole rings is 1. The van der Waals surface area contributed by atoms with Crippen molar-refractivity contribution >= 4 is 22.9 Å². The van der Waals surface area contributed by atoms with Crippen LogP contribution in [0.2, 0.25) is 0 Å². The van der Waals surface area contributed by atoms with Gasteiger partial charge >= 0.3 is 0 Å². The summed E-state index contributed by atoms with van der Waals surface area (Å²) in [4.78, 5) is 24.5. The summed E-state index contributed by atoms with van der Waals surface area (Å²) in [5.74, 6) is 0.0266. The Bertz CT molecular complexity index is 1030. The number of aliphatic hydroxyl groups is 3. The number of carbonyl (C=O) groups is 1. The minimum atomic E-state index is -1.29. The Morgan fingerprint density at radius 2 is 2.14 bits per heavy atom. The molecule has 4 heterocycles. The van der Waals surface area contributed by atoms with Crippen LogP contribution in [0, 0.1) is 0 Å². The number of nitrogens with zero attached hydrogens (tertiary/aromatic N) is 5.